The molecule has 2 aliphatic rings. The molecule has 1 aliphatic carbocycles. The number of nitrogens with one attached hydrogen (secondary N) is 2. The number of likely N-dealkylation sites (tertiary alicyclic amines) is 1. The number of hydrogen-bond acceptors (Lipinski definition) is 3. The Morgan fingerprint density at radius 2 is 2.25 bits per heavy atom. The van der Waals surface area contributed by atoms with Gasteiger partial charge in [-0.2, -0.15) is 0 Å². The van der Waals surface area contributed by atoms with Gasteiger partial charge in [0, 0.05) is 42.0 Å². The lowest BCUT2D eigenvalue weighted by molar-refractivity contribution is 0.256. The summed E-state index contributed by atoms with van der Waals surface area (Å²) in [5.41, 5.74) is 0. The third-order valence-electron chi connectivity index (χ3n) is 4.88. The first kappa shape index (κ1) is 20.0. The quantitative estimate of drug-likeness (QED) is 0.385. The normalized spacial score (nSPS) is 26.0. The lowest BCUT2D eigenvalue weighted by Crippen LogP contribution is -2.45. The molecule has 1 saturated carbocycles. The third kappa shape index (κ3) is 5.33. The molecule has 6 heteroatoms. The van der Waals surface area contributed by atoms with Crippen molar-refractivity contribution in [3.8, 4) is 0 Å². The molecule has 136 valence electrons. The zero-order valence-corrected chi connectivity index (χ0v) is 18.1. The Balaban J connectivity index is 0.00000208. The van der Waals surface area contributed by atoms with Crippen LogP contribution in [0.3, 0.4) is 0 Å². The van der Waals surface area contributed by atoms with Crippen LogP contribution in [0.4, 0.5) is 0 Å². The second kappa shape index (κ2) is 9.38. The number of halogens is 1. The molecule has 3 rings (SSSR count). The Morgan fingerprint density at radius 1 is 1.46 bits per heavy atom. The van der Waals surface area contributed by atoms with E-state index in [9.17, 15) is 0 Å². The van der Waals surface area contributed by atoms with Crippen molar-refractivity contribution >= 4 is 41.3 Å². The van der Waals surface area contributed by atoms with Crippen LogP contribution in [-0.2, 0) is 0 Å². The van der Waals surface area contributed by atoms with Crippen molar-refractivity contribution in [2.24, 2.45) is 4.99 Å². The summed E-state index contributed by atoms with van der Waals surface area (Å²) in [6.45, 7) is 9.66. The van der Waals surface area contributed by atoms with Gasteiger partial charge < -0.3 is 10.6 Å². The van der Waals surface area contributed by atoms with Crippen LogP contribution in [0.5, 0.6) is 0 Å². The number of hydrogen-bond donors (Lipinski definition) is 2. The maximum atomic E-state index is 4.83. The lowest BCUT2D eigenvalue weighted by Gasteiger charge is -2.20. The second-order valence-corrected chi connectivity index (χ2v) is 7.97. The van der Waals surface area contributed by atoms with Crippen molar-refractivity contribution in [1.29, 1.82) is 0 Å². The first-order valence-electron chi connectivity index (χ1n) is 9.01. The van der Waals surface area contributed by atoms with Crippen molar-refractivity contribution < 1.29 is 0 Å². The number of thiophene rings is 1. The molecular weight excluding hydrogens is 431 g/mol. The molecule has 1 saturated heterocycles. The Labute approximate surface area is 167 Å². The summed E-state index contributed by atoms with van der Waals surface area (Å²) < 4.78 is 0. The van der Waals surface area contributed by atoms with E-state index in [1.807, 2.05) is 11.3 Å². The van der Waals surface area contributed by atoms with Crippen LogP contribution in [-0.4, -0.2) is 48.6 Å². The monoisotopic (exact) mass is 462 g/mol. The number of rotatable bonds is 6. The fourth-order valence-electron chi connectivity index (χ4n) is 3.48. The predicted octanol–water partition coefficient (Wildman–Crippen LogP) is 3.65. The Bertz CT molecular complexity index is 515. The summed E-state index contributed by atoms with van der Waals surface area (Å²) in [6.07, 6.45) is 4.01. The standard InChI is InChI=1S/C18H30N4S.HI/c1-4-19-18(20-11-13(2)17-6-5-9-23-17)21-15-10-14(3)22(12-15)16-7-8-16;/h5-6,9,13-16H,4,7-8,10-12H2,1-3H3,(H2,19,20,21);1H. The van der Waals surface area contributed by atoms with Gasteiger partial charge in [0.1, 0.15) is 0 Å². The zero-order chi connectivity index (χ0) is 16.2. The highest BCUT2D eigenvalue weighted by Gasteiger charge is 2.38. The van der Waals surface area contributed by atoms with Crippen molar-refractivity contribution in [3.05, 3.63) is 22.4 Å². The SMILES string of the molecule is CCNC(=NCC(C)c1cccs1)NC1CC(C)N(C2CC2)C1.I. The smallest absolute Gasteiger partial charge is 0.191 e. The summed E-state index contributed by atoms with van der Waals surface area (Å²) in [7, 11) is 0. The molecule has 2 N–H and O–H groups in total. The van der Waals surface area contributed by atoms with E-state index in [0.717, 1.165) is 31.6 Å². The zero-order valence-electron chi connectivity index (χ0n) is 15.0. The van der Waals surface area contributed by atoms with Gasteiger partial charge in [0.25, 0.3) is 0 Å². The highest BCUT2D eigenvalue weighted by Crippen LogP contribution is 2.33. The summed E-state index contributed by atoms with van der Waals surface area (Å²) in [5.74, 6) is 1.46. The average molecular weight is 462 g/mol. The second-order valence-electron chi connectivity index (χ2n) is 6.99. The summed E-state index contributed by atoms with van der Waals surface area (Å²) >= 11 is 1.82. The lowest BCUT2D eigenvalue weighted by atomic mass is 10.1. The molecule has 2 fully saturated rings. The van der Waals surface area contributed by atoms with Crippen LogP contribution in [0.25, 0.3) is 0 Å². The van der Waals surface area contributed by atoms with Gasteiger partial charge in [0.2, 0.25) is 0 Å². The molecule has 2 heterocycles. The van der Waals surface area contributed by atoms with E-state index in [1.165, 1.54) is 24.1 Å². The Kier molecular flexibility index (Phi) is 7.81. The Morgan fingerprint density at radius 3 is 2.88 bits per heavy atom. The third-order valence-corrected chi connectivity index (χ3v) is 5.98. The molecular formula is C18H31IN4S. The van der Waals surface area contributed by atoms with Crippen LogP contribution in [0, 0.1) is 0 Å². The Hall–Kier alpha value is -0.340. The maximum Gasteiger partial charge on any atom is 0.191 e. The van der Waals surface area contributed by atoms with E-state index in [2.05, 4.69) is 53.8 Å². The van der Waals surface area contributed by atoms with Crippen LogP contribution in [0.2, 0.25) is 0 Å². The number of nitrogens with zero attached hydrogens (tertiary/aromatic N) is 2. The van der Waals surface area contributed by atoms with Crippen molar-refractivity contribution in [2.45, 2.75) is 64.1 Å². The molecule has 3 atom stereocenters. The minimum atomic E-state index is 0. The predicted molar refractivity (Wildman–Crippen MR) is 115 cm³/mol. The average Bonchev–Trinajstić information content (AvgIpc) is 3.08. The maximum absolute atomic E-state index is 4.83. The van der Waals surface area contributed by atoms with Crippen LogP contribution in [0.1, 0.15) is 50.8 Å². The molecule has 24 heavy (non-hydrogen) atoms. The van der Waals surface area contributed by atoms with Gasteiger partial charge in [-0.15, -0.1) is 35.3 Å². The minimum absolute atomic E-state index is 0. The molecule has 0 amide bonds. The van der Waals surface area contributed by atoms with E-state index in [4.69, 9.17) is 4.99 Å². The number of guanidine groups is 1. The molecule has 0 aromatic carbocycles. The molecule has 0 bridgehead atoms. The molecule has 0 radical (unpaired) electrons. The van der Waals surface area contributed by atoms with Crippen LogP contribution in [0.15, 0.2) is 22.5 Å². The van der Waals surface area contributed by atoms with E-state index >= 15 is 0 Å². The van der Waals surface area contributed by atoms with Crippen molar-refractivity contribution in [1.82, 2.24) is 15.5 Å². The van der Waals surface area contributed by atoms with Gasteiger partial charge in [0.05, 0.1) is 6.54 Å². The molecule has 1 aromatic heterocycles. The van der Waals surface area contributed by atoms with Crippen molar-refractivity contribution in [2.75, 3.05) is 19.6 Å². The molecule has 3 unspecified atom stereocenters. The van der Waals surface area contributed by atoms with E-state index < -0.39 is 0 Å². The fourth-order valence-corrected chi connectivity index (χ4v) is 4.26. The molecule has 4 nitrogen and oxygen atoms in total. The fraction of sp³-hybridized carbons (Fsp3) is 0.722. The molecule has 1 aromatic rings. The van der Waals surface area contributed by atoms with Gasteiger partial charge in [0.15, 0.2) is 5.96 Å². The summed E-state index contributed by atoms with van der Waals surface area (Å²) in [4.78, 5) is 8.92. The van der Waals surface area contributed by atoms with Gasteiger partial charge in [-0.25, -0.2) is 0 Å². The number of aliphatic imine (C=N–C) groups is 1. The van der Waals surface area contributed by atoms with Gasteiger partial charge >= 0.3 is 0 Å². The first-order chi connectivity index (χ1) is 11.2. The highest BCUT2D eigenvalue weighted by atomic mass is 127. The summed E-state index contributed by atoms with van der Waals surface area (Å²) in [6, 6.07) is 6.41. The van der Waals surface area contributed by atoms with E-state index in [0.29, 0.717) is 18.0 Å². The first-order valence-corrected chi connectivity index (χ1v) is 9.89. The van der Waals surface area contributed by atoms with Gasteiger partial charge in [-0.3, -0.25) is 9.89 Å². The minimum Gasteiger partial charge on any atom is -0.357 e. The van der Waals surface area contributed by atoms with E-state index in [-0.39, 0.29) is 24.0 Å². The van der Waals surface area contributed by atoms with Gasteiger partial charge in [-0.1, -0.05) is 13.0 Å². The van der Waals surface area contributed by atoms with Crippen molar-refractivity contribution in [3.63, 3.8) is 0 Å². The van der Waals surface area contributed by atoms with Crippen LogP contribution >= 0.6 is 35.3 Å². The van der Waals surface area contributed by atoms with E-state index in [1.54, 1.807) is 0 Å². The molecule has 1 aliphatic heterocycles. The largest absolute Gasteiger partial charge is 0.357 e. The molecule has 0 spiro atoms. The highest BCUT2D eigenvalue weighted by molar-refractivity contribution is 14.0. The van der Waals surface area contributed by atoms with Crippen LogP contribution < -0.4 is 10.6 Å². The topological polar surface area (TPSA) is 39.7 Å². The summed E-state index contributed by atoms with van der Waals surface area (Å²) in [5, 5.41) is 9.21. The van der Waals surface area contributed by atoms with Gasteiger partial charge in [-0.05, 0) is 44.6 Å².